The molecule has 86 valence electrons. The standard InChI is InChI=1S/C10H16INO3/c1-5-6-15-9(14)12-7(8(11)13)10(2,3)4/h5,7H,1,6H2,2-4H3,(H,12,14). The van der Waals surface area contributed by atoms with Gasteiger partial charge in [0.05, 0.1) is 0 Å². The van der Waals surface area contributed by atoms with Crippen molar-refractivity contribution in [1.82, 2.24) is 5.32 Å². The normalized spacial score (nSPS) is 12.8. The van der Waals surface area contributed by atoms with Crippen LogP contribution in [-0.2, 0) is 9.53 Å². The van der Waals surface area contributed by atoms with E-state index in [1.165, 1.54) is 6.08 Å². The molecule has 0 aliphatic carbocycles. The van der Waals surface area contributed by atoms with Gasteiger partial charge in [0.1, 0.15) is 12.6 Å². The van der Waals surface area contributed by atoms with Crippen LogP contribution in [0.25, 0.3) is 0 Å². The summed E-state index contributed by atoms with van der Waals surface area (Å²) >= 11 is 1.67. The van der Waals surface area contributed by atoms with Crippen molar-refractivity contribution >= 4 is 32.5 Å². The highest BCUT2D eigenvalue weighted by molar-refractivity contribution is 14.1. The molecule has 0 saturated carbocycles. The van der Waals surface area contributed by atoms with Gasteiger partial charge in [-0.3, -0.25) is 4.79 Å². The molecule has 0 radical (unpaired) electrons. The summed E-state index contributed by atoms with van der Waals surface area (Å²) in [5.74, 6) is 0. The molecule has 0 bridgehead atoms. The van der Waals surface area contributed by atoms with Crippen molar-refractivity contribution < 1.29 is 14.3 Å². The quantitative estimate of drug-likeness (QED) is 0.490. The van der Waals surface area contributed by atoms with Crippen molar-refractivity contribution in [3.63, 3.8) is 0 Å². The van der Waals surface area contributed by atoms with E-state index in [-0.39, 0.29) is 15.8 Å². The van der Waals surface area contributed by atoms with Crippen LogP contribution < -0.4 is 5.32 Å². The molecule has 1 unspecified atom stereocenters. The Morgan fingerprint density at radius 1 is 1.53 bits per heavy atom. The molecule has 0 aromatic rings. The van der Waals surface area contributed by atoms with E-state index in [0.717, 1.165) is 0 Å². The highest BCUT2D eigenvalue weighted by atomic mass is 127. The Labute approximate surface area is 104 Å². The lowest BCUT2D eigenvalue weighted by Gasteiger charge is -2.27. The van der Waals surface area contributed by atoms with Gasteiger partial charge in [-0.1, -0.05) is 33.4 Å². The molecular weight excluding hydrogens is 309 g/mol. The molecule has 0 aliphatic heterocycles. The molecule has 0 spiro atoms. The van der Waals surface area contributed by atoms with Gasteiger partial charge in [0.15, 0.2) is 0 Å². The molecule has 0 heterocycles. The molecule has 0 saturated heterocycles. The zero-order chi connectivity index (χ0) is 12.1. The van der Waals surface area contributed by atoms with Gasteiger partial charge in [0, 0.05) is 22.6 Å². The summed E-state index contributed by atoms with van der Waals surface area (Å²) in [6.45, 7) is 9.19. The fourth-order valence-electron chi connectivity index (χ4n) is 0.908. The molecule has 0 rings (SSSR count). The maximum Gasteiger partial charge on any atom is 0.408 e. The molecule has 0 fully saturated rings. The Kier molecular flexibility index (Phi) is 5.85. The van der Waals surface area contributed by atoms with Gasteiger partial charge >= 0.3 is 6.09 Å². The largest absolute Gasteiger partial charge is 0.445 e. The van der Waals surface area contributed by atoms with Gasteiger partial charge in [-0.25, -0.2) is 4.79 Å². The van der Waals surface area contributed by atoms with E-state index in [9.17, 15) is 9.59 Å². The maximum atomic E-state index is 11.3. The Bertz CT molecular complexity index is 258. The van der Waals surface area contributed by atoms with E-state index >= 15 is 0 Å². The lowest BCUT2D eigenvalue weighted by atomic mass is 9.88. The molecule has 5 heteroatoms. The minimum atomic E-state index is -0.597. The molecule has 1 atom stereocenters. The number of halogens is 1. The average molecular weight is 325 g/mol. The van der Waals surface area contributed by atoms with E-state index in [0.29, 0.717) is 0 Å². The van der Waals surface area contributed by atoms with Gasteiger partial charge < -0.3 is 10.1 Å². The summed E-state index contributed by atoms with van der Waals surface area (Å²) in [5, 5.41) is 2.53. The highest BCUT2D eigenvalue weighted by Crippen LogP contribution is 2.21. The van der Waals surface area contributed by atoms with E-state index in [4.69, 9.17) is 4.74 Å². The SMILES string of the molecule is C=CCOC(=O)NC(C(=O)I)C(C)(C)C. The monoisotopic (exact) mass is 325 g/mol. The second-order valence-electron chi connectivity index (χ2n) is 4.13. The number of carbonyl (C=O) groups excluding carboxylic acids is 2. The second-order valence-corrected chi connectivity index (χ2v) is 5.20. The summed E-state index contributed by atoms with van der Waals surface area (Å²) in [7, 11) is 0. The fourth-order valence-corrected chi connectivity index (χ4v) is 2.00. The molecular formula is C10H16INO3. The Hall–Kier alpha value is -0.590. The van der Waals surface area contributed by atoms with Gasteiger partial charge in [-0.05, 0) is 5.41 Å². The van der Waals surface area contributed by atoms with E-state index in [2.05, 4.69) is 11.9 Å². The van der Waals surface area contributed by atoms with E-state index in [1.54, 1.807) is 22.6 Å². The highest BCUT2D eigenvalue weighted by Gasteiger charge is 2.31. The summed E-state index contributed by atoms with van der Waals surface area (Å²) in [5.41, 5.74) is -0.328. The van der Waals surface area contributed by atoms with Crippen molar-refractivity contribution in [2.24, 2.45) is 5.41 Å². The Morgan fingerprint density at radius 2 is 2.07 bits per heavy atom. The summed E-state index contributed by atoms with van der Waals surface area (Å²) in [6.07, 6.45) is 0.872. The lowest BCUT2D eigenvalue weighted by Crippen LogP contribution is -2.47. The number of alkyl carbamates (subject to hydrolysis) is 1. The van der Waals surface area contributed by atoms with Crippen LogP contribution >= 0.6 is 22.6 Å². The second kappa shape index (κ2) is 6.09. The first-order chi connectivity index (χ1) is 6.79. The number of amides is 1. The molecule has 0 aromatic carbocycles. The molecule has 0 aromatic heterocycles. The van der Waals surface area contributed by atoms with Gasteiger partial charge in [0.25, 0.3) is 0 Å². The fraction of sp³-hybridized carbons (Fsp3) is 0.600. The Balaban J connectivity index is 4.37. The maximum absolute atomic E-state index is 11.3. The van der Waals surface area contributed by atoms with Crippen LogP contribution in [0.15, 0.2) is 12.7 Å². The minimum Gasteiger partial charge on any atom is -0.445 e. The first kappa shape index (κ1) is 14.4. The van der Waals surface area contributed by atoms with Gasteiger partial charge in [-0.15, -0.1) is 0 Å². The number of hydrogen-bond donors (Lipinski definition) is 1. The average Bonchev–Trinajstić information content (AvgIpc) is 2.08. The van der Waals surface area contributed by atoms with Crippen LogP contribution in [0.1, 0.15) is 20.8 Å². The zero-order valence-electron chi connectivity index (χ0n) is 9.17. The van der Waals surface area contributed by atoms with Gasteiger partial charge in [0.2, 0.25) is 3.79 Å². The van der Waals surface area contributed by atoms with Gasteiger partial charge in [-0.2, -0.15) is 0 Å². The number of rotatable bonds is 4. The molecule has 0 aliphatic rings. The summed E-state index contributed by atoms with van der Waals surface area (Å²) in [6, 6.07) is -0.546. The van der Waals surface area contributed by atoms with Crippen LogP contribution in [0, 0.1) is 5.41 Å². The van der Waals surface area contributed by atoms with Crippen LogP contribution in [0.5, 0.6) is 0 Å². The third kappa shape index (κ3) is 5.76. The van der Waals surface area contributed by atoms with Crippen molar-refractivity contribution in [1.29, 1.82) is 0 Å². The predicted molar refractivity (Wildman–Crippen MR) is 67.0 cm³/mol. The Morgan fingerprint density at radius 3 is 2.40 bits per heavy atom. The number of ether oxygens (including phenoxy) is 1. The first-order valence-corrected chi connectivity index (χ1v) is 5.60. The minimum absolute atomic E-state index is 0.115. The van der Waals surface area contributed by atoms with Crippen molar-refractivity contribution in [3.05, 3.63) is 12.7 Å². The van der Waals surface area contributed by atoms with E-state index in [1.807, 2.05) is 20.8 Å². The molecule has 1 amide bonds. The van der Waals surface area contributed by atoms with Crippen LogP contribution in [0.3, 0.4) is 0 Å². The van der Waals surface area contributed by atoms with Crippen LogP contribution in [0.4, 0.5) is 4.79 Å². The number of hydrogen-bond acceptors (Lipinski definition) is 3. The predicted octanol–water partition coefficient (Wildman–Crippen LogP) is 2.27. The molecule has 1 N–H and O–H groups in total. The zero-order valence-corrected chi connectivity index (χ0v) is 11.3. The topological polar surface area (TPSA) is 55.4 Å². The van der Waals surface area contributed by atoms with E-state index < -0.39 is 12.1 Å². The van der Waals surface area contributed by atoms with Crippen molar-refractivity contribution in [3.8, 4) is 0 Å². The van der Waals surface area contributed by atoms with Crippen molar-refractivity contribution in [2.45, 2.75) is 26.8 Å². The third-order valence-corrected chi connectivity index (χ3v) is 2.31. The number of nitrogens with one attached hydrogen (secondary N) is 1. The van der Waals surface area contributed by atoms with Crippen molar-refractivity contribution in [2.75, 3.05) is 6.61 Å². The van der Waals surface area contributed by atoms with Crippen LogP contribution in [0.2, 0.25) is 0 Å². The first-order valence-electron chi connectivity index (χ1n) is 4.52. The smallest absolute Gasteiger partial charge is 0.408 e. The third-order valence-electron chi connectivity index (χ3n) is 1.69. The molecule has 4 nitrogen and oxygen atoms in total. The van der Waals surface area contributed by atoms with Crippen LogP contribution in [-0.4, -0.2) is 22.5 Å². The molecule has 15 heavy (non-hydrogen) atoms. The summed E-state index contributed by atoms with van der Waals surface area (Å²) < 4.78 is 4.63. The summed E-state index contributed by atoms with van der Waals surface area (Å²) in [4.78, 5) is 22.5. The lowest BCUT2D eigenvalue weighted by molar-refractivity contribution is -0.113. The number of carbonyl (C=O) groups is 2.